The maximum Gasteiger partial charge on any atom is 0.213 e. The van der Waals surface area contributed by atoms with Crippen molar-refractivity contribution in [1.29, 1.82) is 0 Å². The number of nitrogens with zero attached hydrogens (tertiary/aromatic N) is 2. The molecule has 28 heavy (non-hydrogen) atoms. The van der Waals surface area contributed by atoms with Crippen molar-refractivity contribution >= 4 is 17.3 Å². The molecule has 2 aliphatic heterocycles. The zero-order valence-corrected chi connectivity index (χ0v) is 16.1. The summed E-state index contributed by atoms with van der Waals surface area (Å²) in [6.45, 7) is 2.61. The highest BCUT2D eigenvalue weighted by Gasteiger charge is 2.41. The number of rotatable bonds is 4. The number of benzene rings is 2. The van der Waals surface area contributed by atoms with Gasteiger partial charge in [0.15, 0.2) is 0 Å². The van der Waals surface area contributed by atoms with E-state index in [4.69, 9.17) is 30.6 Å². The van der Waals surface area contributed by atoms with E-state index >= 15 is 0 Å². The van der Waals surface area contributed by atoms with E-state index in [-0.39, 0.29) is 12.3 Å². The Bertz CT molecular complexity index is 1010. The average molecular weight is 395 g/mol. The van der Waals surface area contributed by atoms with Crippen molar-refractivity contribution in [3.63, 3.8) is 0 Å². The smallest absolute Gasteiger partial charge is 0.213 e. The predicted octanol–water partition coefficient (Wildman–Crippen LogP) is 5.57. The quantitative estimate of drug-likeness (QED) is 0.580. The Hall–Kier alpha value is -2.92. The summed E-state index contributed by atoms with van der Waals surface area (Å²) in [4.78, 5) is 0. The highest BCUT2D eigenvalue weighted by Crippen LogP contribution is 2.48. The van der Waals surface area contributed by atoms with E-state index in [9.17, 15) is 0 Å². The van der Waals surface area contributed by atoms with Crippen LogP contribution in [0.25, 0.3) is 0 Å². The second-order valence-electron chi connectivity index (χ2n) is 6.78. The summed E-state index contributed by atoms with van der Waals surface area (Å²) in [5.41, 5.74) is 2.96. The highest BCUT2D eigenvalue weighted by atomic mass is 35.5. The molecule has 0 spiro atoms. The molecule has 5 rings (SSSR count). The molecule has 0 N–H and O–H groups in total. The molecular weight excluding hydrogens is 376 g/mol. The van der Waals surface area contributed by atoms with Crippen molar-refractivity contribution in [2.24, 2.45) is 5.10 Å². The molecular formula is C22H19ClN2O3. The molecule has 2 atom stereocenters. The van der Waals surface area contributed by atoms with Crippen LogP contribution in [-0.2, 0) is 0 Å². The van der Waals surface area contributed by atoms with Gasteiger partial charge in [-0.05, 0) is 61.5 Å². The SMILES string of the molecule is CCOc1ccc([C@@H]2Oc3ccc(Cl)cc3[C@H]3CC(c4ccco4)=NN32)cc1. The van der Waals surface area contributed by atoms with Gasteiger partial charge >= 0.3 is 0 Å². The second-order valence-corrected chi connectivity index (χ2v) is 7.21. The monoisotopic (exact) mass is 394 g/mol. The highest BCUT2D eigenvalue weighted by molar-refractivity contribution is 6.30. The van der Waals surface area contributed by atoms with Gasteiger partial charge in [0.1, 0.15) is 23.0 Å². The summed E-state index contributed by atoms with van der Waals surface area (Å²) in [6, 6.07) is 17.6. The number of hydrazone groups is 1. The molecule has 0 fully saturated rings. The largest absolute Gasteiger partial charge is 0.494 e. The van der Waals surface area contributed by atoms with Gasteiger partial charge in [0.25, 0.3) is 0 Å². The van der Waals surface area contributed by atoms with Gasteiger partial charge in [-0.3, -0.25) is 0 Å². The maximum absolute atomic E-state index is 6.34. The van der Waals surface area contributed by atoms with Crippen molar-refractivity contribution < 1.29 is 13.9 Å². The molecule has 2 aliphatic rings. The Morgan fingerprint density at radius 3 is 2.79 bits per heavy atom. The van der Waals surface area contributed by atoms with E-state index in [0.29, 0.717) is 11.6 Å². The molecule has 3 aromatic rings. The van der Waals surface area contributed by atoms with Gasteiger partial charge in [-0.25, -0.2) is 5.01 Å². The number of fused-ring (bicyclic) bond motifs is 3. The van der Waals surface area contributed by atoms with Gasteiger partial charge in [0.05, 0.1) is 18.9 Å². The first-order valence-electron chi connectivity index (χ1n) is 9.31. The summed E-state index contributed by atoms with van der Waals surface area (Å²) in [6.07, 6.45) is 2.07. The minimum absolute atomic E-state index is 0.0409. The van der Waals surface area contributed by atoms with Crippen molar-refractivity contribution in [2.75, 3.05) is 6.61 Å². The van der Waals surface area contributed by atoms with Crippen molar-refractivity contribution in [2.45, 2.75) is 25.6 Å². The van der Waals surface area contributed by atoms with Crippen LogP contribution in [-0.4, -0.2) is 17.3 Å². The third-order valence-corrected chi connectivity index (χ3v) is 5.27. The van der Waals surface area contributed by atoms with E-state index in [2.05, 4.69) is 0 Å². The van der Waals surface area contributed by atoms with Crippen LogP contribution in [0.4, 0.5) is 0 Å². The minimum Gasteiger partial charge on any atom is -0.494 e. The molecule has 1 aromatic heterocycles. The summed E-state index contributed by atoms with van der Waals surface area (Å²) in [5, 5.41) is 7.55. The molecule has 0 bridgehead atoms. The van der Waals surface area contributed by atoms with Crippen LogP contribution in [0.15, 0.2) is 70.4 Å². The van der Waals surface area contributed by atoms with E-state index in [0.717, 1.165) is 40.5 Å². The van der Waals surface area contributed by atoms with Gasteiger partial charge in [0, 0.05) is 22.6 Å². The predicted molar refractivity (Wildman–Crippen MR) is 107 cm³/mol. The lowest BCUT2D eigenvalue weighted by molar-refractivity contribution is -0.0190. The fraction of sp³-hybridized carbons (Fsp3) is 0.227. The lowest BCUT2D eigenvalue weighted by Gasteiger charge is -2.38. The molecule has 0 saturated heterocycles. The summed E-state index contributed by atoms with van der Waals surface area (Å²) >= 11 is 6.26. The van der Waals surface area contributed by atoms with Gasteiger partial charge in [-0.15, -0.1) is 0 Å². The summed E-state index contributed by atoms with van der Waals surface area (Å²) < 4.78 is 17.5. The van der Waals surface area contributed by atoms with E-state index in [1.165, 1.54) is 0 Å². The van der Waals surface area contributed by atoms with Crippen molar-refractivity contribution in [3.05, 3.63) is 82.8 Å². The Labute approximate surface area is 168 Å². The number of halogens is 1. The number of hydrogen-bond acceptors (Lipinski definition) is 5. The van der Waals surface area contributed by atoms with Gasteiger partial charge < -0.3 is 13.9 Å². The Kier molecular flexibility index (Phi) is 4.24. The van der Waals surface area contributed by atoms with Crippen LogP contribution in [0.2, 0.25) is 5.02 Å². The zero-order chi connectivity index (χ0) is 19.1. The van der Waals surface area contributed by atoms with Crippen LogP contribution < -0.4 is 9.47 Å². The third kappa shape index (κ3) is 2.92. The number of furan rings is 1. The first-order valence-corrected chi connectivity index (χ1v) is 9.69. The molecule has 5 nitrogen and oxygen atoms in total. The normalized spacial score (nSPS) is 20.2. The first-order chi connectivity index (χ1) is 13.7. The van der Waals surface area contributed by atoms with Gasteiger partial charge in [0.2, 0.25) is 6.23 Å². The minimum atomic E-state index is -0.332. The van der Waals surface area contributed by atoms with E-state index < -0.39 is 0 Å². The molecule has 0 amide bonds. The maximum atomic E-state index is 6.34. The van der Waals surface area contributed by atoms with Crippen LogP contribution in [0.1, 0.15) is 42.5 Å². The standard InChI is InChI=1S/C22H19ClN2O3/c1-2-26-16-8-5-14(6-9-16)22-25-19(13-18(24-25)21-4-3-11-27-21)17-12-15(23)7-10-20(17)28-22/h3-12,19,22H,2,13H2,1H3/t19-,22+/m1/s1. The fourth-order valence-electron chi connectivity index (χ4n) is 3.76. The Morgan fingerprint density at radius 2 is 2.04 bits per heavy atom. The van der Waals surface area contributed by atoms with Crippen LogP contribution in [0.5, 0.6) is 11.5 Å². The van der Waals surface area contributed by atoms with Crippen molar-refractivity contribution in [1.82, 2.24) is 5.01 Å². The lowest BCUT2D eigenvalue weighted by atomic mass is 9.97. The van der Waals surface area contributed by atoms with E-state index in [1.807, 2.05) is 66.5 Å². The number of hydrogen-bond donors (Lipinski definition) is 0. The molecule has 0 radical (unpaired) electrons. The Balaban J connectivity index is 1.55. The second kappa shape index (κ2) is 6.91. The summed E-state index contributed by atoms with van der Waals surface area (Å²) in [7, 11) is 0. The molecule has 2 aromatic carbocycles. The molecule has 3 heterocycles. The zero-order valence-electron chi connectivity index (χ0n) is 15.3. The molecule has 0 aliphatic carbocycles. The van der Waals surface area contributed by atoms with Crippen LogP contribution >= 0.6 is 11.6 Å². The van der Waals surface area contributed by atoms with E-state index in [1.54, 1.807) is 6.26 Å². The van der Waals surface area contributed by atoms with Gasteiger partial charge in [-0.1, -0.05) is 11.6 Å². The van der Waals surface area contributed by atoms with Crippen molar-refractivity contribution in [3.8, 4) is 11.5 Å². The average Bonchev–Trinajstić information content (AvgIpc) is 3.38. The fourth-order valence-corrected chi connectivity index (χ4v) is 3.95. The summed E-state index contributed by atoms with van der Waals surface area (Å²) in [5.74, 6) is 2.45. The lowest BCUT2D eigenvalue weighted by Crippen LogP contribution is -2.33. The van der Waals surface area contributed by atoms with Crippen LogP contribution in [0.3, 0.4) is 0 Å². The molecule has 142 valence electrons. The molecule has 0 saturated carbocycles. The molecule has 6 heteroatoms. The topological polar surface area (TPSA) is 47.2 Å². The molecule has 0 unspecified atom stereocenters. The van der Waals surface area contributed by atoms with Crippen LogP contribution in [0, 0.1) is 0 Å². The first kappa shape index (κ1) is 17.2. The van der Waals surface area contributed by atoms with Gasteiger partial charge in [-0.2, -0.15) is 5.10 Å². The Morgan fingerprint density at radius 1 is 1.18 bits per heavy atom. The third-order valence-electron chi connectivity index (χ3n) is 5.03. The number of ether oxygens (including phenoxy) is 2.